The molecule has 1 aliphatic rings. The van der Waals surface area contributed by atoms with Crippen LogP contribution in [-0.2, 0) is 11.2 Å². The maximum atomic E-state index is 12.4. The van der Waals surface area contributed by atoms with Gasteiger partial charge >= 0.3 is 0 Å². The summed E-state index contributed by atoms with van der Waals surface area (Å²) in [5, 5.41) is 3.76. The summed E-state index contributed by atoms with van der Waals surface area (Å²) >= 11 is 9.35. The van der Waals surface area contributed by atoms with Crippen molar-refractivity contribution in [1.82, 2.24) is 9.88 Å². The molecule has 24 heavy (non-hydrogen) atoms. The minimum atomic E-state index is 0.216. The number of carbonyl (C=O) groups excluding carboxylic acids is 1. The van der Waals surface area contributed by atoms with Crippen LogP contribution in [0.15, 0.2) is 35.7 Å². The molecule has 0 bridgehead atoms. The summed E-state index contributed by atoms with van der Waals surface area (Å²) in [7, 11) is 0. The second-order valence-corrected chi connectivity index (χ2v) is 8.21. The van der Waals surface area contributed by atoms with Crippen LogP contribution in [0.5, 0.6) is 0 Å². The van der Waals surface area contributed by atoms with E-state index < -0.39 is 0 Å². The Kier molecular flexibility index (Phi) is 4.43. The number of carbonyl (C=O) groups is 1. The van der Waals surface area contributed by atoms with Gasteiger partial charge in [-0.25, -0.2) is 4.98 Å². The highest BCUT2D eigenvalue weighted by atomic mass is 35.5. The summed E-state index contributed by atoms with van der Waals surface area (Å²) in [5.74, 6) is 0.216. The van der Waals surface area contributed by atoms with Crippen molar-refractivity contribution in [3.63, 3.8) is 0 Å². The molecule has 3 aromatic rings. The standard InChI is InChI=1S/C17H16ClN3OS2/c18-12-3-4-14-15(10-12)24-17(19-14)21-7-5-20(6-8-21)16(22)11-13-2-1-9-23-13/h1-4,9-10H,5-8,11H2. The molecule has 1 aromatic carbocycles. The van der Waals surface area contributed by atoms with Crippen molar-refractivity contribution in [2.75, 3.05) is 31.1 Å². The molecule has 124 valence electrons. The monoisotopic (exact) mass is 377 g/mol. The van der Waals surface area contributed by atoms with E-state index in [0.29, 0.717) is 6.42 Å². The van der Waals surface area contributed by atoms with Crippen molar-refractivity contribution in [1.29, 1.82) is 0 Å². The minimum Gasteiger partial charge on any atom is -0.345 e. The number of hydrogen-bond donors (Lipinski definition) is 0. The highest BCUT2D eigenvalue weighted by Crippen LogP contribution is 2.31. The number of aromatic nitrogens is 1. The maximum Gasteiger partial charge on any atom is 0.227 e. The van der Waals surface area contributed by atoms with E-state index >= 15 is 0 Å². The molecule has 0 spiro atoms. The van der Waals surface area contributed by atoms with Gasteiger partial charge in [0.15, 0.2) is 5.13 Å². The number of fused-ring (bicyclic) bond motifs is 1. The molecule has 7 heteroatoms. The van der Waals surface area contributed by atoms with E-state index in [1.807, 2.05) is 40.6 Å². The number of hydrogen-bond acceptors (Lipinski definition) is 5. The topological polar surface area (TPSA) is 36.4 Å². The summed E-state index contributed by atoms with van der Waals surface area (Å²) in [6.45, 7) is 3.15. The van der Waals surface area contributed by atoms with Gasteiger partial charge in [0, 0.05) is 36.1 Å². The van der Waals surface area contributed by atoms with Crippen LogP contribution in [0.25, 0.3) is 10.2 Å². The molecule has 2 aromatic heterocycles. The highest BCUT2D eigenvalue weighted by Gasteiger charge is 2.23. The third-order valence-corrected chi connectivity index (χ3v) is 6.34. The molecule has 1 amide bonds. The Hall–Kier alpha value is -1.63. The summed E-state index contributed by atoms with van der Waals surface area (Å²) < 4.78 is 1.11. The summed E-state index contributed by atoms with van der Waals surface area (Å²) in [5.41, 5.74) is 0.982. The van der Waals surface area contributed by atoms with Crippen LogP contribution in [0, 0.1) is 0 Å². The lowest BCUT2D eigenvalue weighted by Gasteiger charge is -2.34. The Morgan fingerprint density at radius 3 is 2.79 bits per heavy atom. The molecule has 0 aliphatic carbocycles. The van der Waals surface area contributed by atoms with Gasteiger partial charge in [-0.2, -0.15) is 0 Å². The predicted molar refractivity (Wildman–Crippen MR) is 101 cm³/mol. The zero-order valence-corrected chi connectivity index (χ0v) is 15.3. The van der Waals surface area contributed by atoms with E-state index in [4.69, 9.17) is 16.6 Å². The Morgan fingerprint density at radius 2 is 2.04 bits per heavy atom. The smallest absolute Gasteiger partial charge is 0.227 e. The number of thiophene rings is 1. The van der Waals surface area contributed by atoms with Gasteiger partial charge in [0.25, 0.3) is 0 Å². The molecule has 0 unspecified atom stereocenters. The van der Waals surface area contributed by atoms with Gasteiger partial charge in [-0.05, 0) is 29.6 Å². The van der Waals surface area contributed by atoms with E-state index in [1.54, 1.807) is 22.7 Å². The quantitative estimate of drug-likeness (QED) is 0.694. The number of nitrogens with zero attached hydrogens (tertiary/aromatic N) is 3. The number of amides is 1. The molecule has 1 saturated heterocycles. The van der Waals surface area contributed by atoms with Crippen molar-refractivity contribution in [2.24, 2.45) is 0 Å². The summed E-state index contributed by atoms with van der Waals surface area (Å²) in [4.78, 5) is 22.4. The van der Waals surface area contributed by atoms with Crippen LogP contribution >= 0.6 is 34.3 Å². The third kappa shape index (κ3) is 3.27. The van der Waals surface area contributed by atoms with Gasteiger partial charge in [-0.1, -0.05) is 29.0 Å². The Labute approximate surface area is 153 Å². The molecular formula is C17H16ClN3OS2. The van der Waals surface area contributed by atoms with Crippen molar-refractivity contribution in [3.05, 3.63) is 45.6 Å². The van der Waals surface area contributed by atoms with E-state index in [-0.39, 0.29) is 5.91 Å². The van der Waals surface area contributed by atoms with Gasteiger partial charge in [-0.3, -0.25) is 4.79 Å². The number of thiazole rings is 1. The van der Waals surface area contributed by atoms with Crippen LogP contribution in [0.2, 0.25) is 5.02 Å². The van der Waals surface area contributed by atoms with Crippen molar-refractivity contribution < 1.29 is 4.79 Å². The zero-order chi connectivity index (χ0) is 16.5. The van der Waals surface area contributed by atoms with Crippen molar-refractivity contribution >= 4 is 55.5 Å². The normalized spacial score (nSPS) is 15.2. The Balaban J connectivity index is 1.40. The first-order valence-electron chi connectivity index (χ1n) is 7.80. The van der Waals surface area contributed by atoms with E-state index in [1.165, 1.54) is 0 Å². The molecule has 1 aliphatic heterocycles. The highest BCUT2D eigenvalue weighted by molar-refractivity contribution is 7.22. The predicted octanol–water partition coefficient (Wildman–Crippen LogP) is 3.90. The average molecular weight is 378 g/mol. The molecular weight excluding hydrogens is 362 g/mol. The molecule has 0 atom stereocenters. The van der Waals surface area contributed by atoms with Crippen LogP contribution in [-0.4, -0.2) is 42.0 Å². The van der Waals surface area contributed by atoms with Crippen LogP contribution < -0.4 is 4.90 Å². The maximum absolute atomic E-state index is 12.4. The Bertz CT molecular complexity index is 854. The molecule has 4 rings (SSSR count). The third-order valence-electron chi connectivity index (χ3n) is 4.15. The number of anilines is 1. The zero-order valence-electron chi connectivity index (χ0n) is 12.9. The van der Waals surface area contributed by atoms with Crippen LogP contribution in [0.3, 0.4) is 0 Å². The van der Waals surface area contributed by atoms with Gasteiger partial charge in [-0.15, -0.1) is 11.3 Å². The molecule has 0 radical (unpaired) electrons. The second-order valence-electron chi connectivity index (χ2n) is 5.73. The summed E-state index contributed by atoms with van der Waals surface area (Å²) in [6.07, 6.45) is 0.511. The van der Waals surface area contributed by atoms with Crippen molar-refractivity contribution in [2.45, 2.75) is 6.42 Å². The fraction of sp³-hybridized carbons (Fsp3) is 0.294. The largest absolute Gasteiger partial charge is 0.345 e. The van der Waals surface area contributed by atoms with Gasteiger partial charge in [0.2, 0.25) is 5.91 Å². The lowest BCUT2D eigenvalue weighted by molar-refractivity contribution is -0.130. The first kappa shape index (κ1) is 15.9. The number of halogens is 1. The molecule has 4 nitrogen and oxygen atoms in total. The first-order valence-corrected chi connectivity index (χ1v) is 9.88. The molecule has 1 fully saturated rings. The lowest BCUT2D eigenvalue weighted by Crippen LogP contribution is -2.49. The minimum absolute atomic E-state index is 0.216. The SMILES string of the molecule is O=C(Cc1cccs1)N1CCN(c2nc3ccc(Cl)cc3s2)CC1. The number of rotatable bonds is 3. The van der Waals surface area contributed by atoms with E-state index in [2.05, 4.69) is 4.90 Å². The lowest BCUT2D eigenvalue weighted by atomic mass is 10.2. The molecule has 3 heterocycles. The first-order chi connectivity index (χ1) is 11.7. The average Bonchev–Trinajstić information content (AvgIpc) is 3.24. The van der Waals surface area contributed by atoms with Crippen molar-refractivity contribution in [3.8, 4) is 0 Å². The van der Waals surface area contributed by atoms with E-state index in [0.717, 1.165) is 51.4 Å². The van der Waals surface area contributed by atoms with Crippen LogP contribution in [0.4, 0.5) is 5.13 Å². The second kappa shape index (κ2) is 6.70. The van der Waals surface area contributed by atoms with Gasteiger partial charge in [0.1, 0.15) is 0 Å². The number of piperazine rings is 1. The summed E-state index contributed by atoms with van der Waals surface area (Å²) in [6, 6.07) is 9.79. The molecule has 0 saturated carbocycles. The fourth-order valence-electron chi connectivity index (χ4n) is 2.84. The molecule has 0 N–H and O–H groups in total. The number of benzene rings is 1. The van der Waals surface area contributed by atoms with E-state index in [9.17, 15) is 4.79 Å². The van der Waals surface area contributed by atoms with Gasteiger partial charge in [0.05, 0.1) is 16.6 Å². The Morgan fingerprint density at radius 1 is 1.21 bits per heavy atom. The van der Waals surface area contributed by atoms with Crippen LogP contribution in [0.1, 0.15) is 4.88 Å². The van der Waals surface area contributed by atoms with Gasteiger partial charge < -0.3 is 9.80 Å². The fourth-order valence-corrected chi connectivity index (χ4v) is 4.83.